The Morgan fingerprint density at radius 2 is 2.26 bits per heavy atom. The number of nitrogens with two attached hydrogens (primary N) is 1. The van der Waals surface area contributed by atoms with Gasteiger partial charge in [0.1, 0.15) is 5.75 Å². The molecule has 19 heavy (non-hydrogen) atoms. The zero-order valence-electron chi connectivity index (χ0n) is 10.7. The number of ether oxygens (including phenoxy) is 1. The molecule has 0 bridgehead atoms. The van der Waals surface area contributed by atoms with Gasteiger partial charge in [0.25, 0.3) is 5.91 Å². The van der Waals surface area contributed by atoms with E-state index in [-0.39, 0.29) is 0 Å². The highest BCUT2D eigenvalue weighted by Gasteiger charge is 2.25. The van der Waals surface area contributed by atoms with Crippen LogP contribution in [0.25, 0.3) is 5.69 Å². The summed E-state index contributed by atoms with van der Waals surface area (Å²) in [7, 11) is 1.52. The highest BCUT2D eigenvalue weighted by Crippen LogP contribution is 2.39. The molecule has 2 aromatic rings. The van der Waals surface area contributed by atoms with Gasteiger partial charge < -0.3 is 15.0 Å². The maximum Gasteiger partial charge on any atom is 0.252 e. The third-order valence-corrected chi connectivity index (χ3v) is 3.34. The van der Waals surface area contributed by atoms with Gasteiger partial charge in [-0.3, -0.25) is 4.79 Å². The smallest absolute Gasteiger partial charge is 0.252 e. The van der Waals surface area contributed by atoms with Crippen LogP contribution in [0, 0.1) is 0 Å². The van der Waals surface area contributed by atoms with Gasteiger partial charge in [-0.1, -0.05) is 0 Å². The molecule has 0 saturated heterocycles. The number of carbonyl (C=O) groups is 1. The van der Waals surface area contributed by atoms with E-state index in [0.717, 1.165) is 11.4 Å². The van der Waals surface area contributed by atoms with Gasteiger partial charge in [0.05, 0.1) is 24.7 Å². The molecule has 0 aliphatic heterocycles. The molecular weight excluding hydrogens is 242 g/mol. The summed E-state index contributed by atoms with van der Waals surface area (Å²) in [6, 6.07) is 5.34. The minimum Gasteiger partial charge on any atom is -0.496 e. The molecule has 1 aromatic carbocycles. The van der Waals surface area contributed by atoms with Crippen molar-refractivity contribution >= 4 is 5.91 Å². The Kier molecular flexibility index (Phi) is 2.74. The predicted octanol–water partition coefficient (Wildman–Crippen LogP) is 1.86. The number of imidazole rings is 1. The quantitative estimate of drug-likeness (QED) is 0.908. The fourth-order valence-electron chi connectivity index (χ4n) is 2.12. The van der Waals surface area contributed by atoms with Crippen molar-refractivity contribution in [1.29, 1.82) is 0 Å². The largest absolute Gasteiger partial charge is 0.496 e. The third-order valence-electron chi connectivity index (χ3n) is 3.34. The van der Waals surface area contributed by atoms with E-state index in [4.69, 9.17) is 10.5 Å². The summed E-state index contributed by atoms with van der Waals surface area (Å²) in [5.74, 6) is 0.593. The molecule has 2 N–H and O–H groups in total. The Hall–Kier alpha value is -2.30. The van der Waals surface area contributed by atoms with Crippen LogP contribution in [0.15, 0.2) is 30.7 Å². The minimum atomic E-state index is -0.499. The lowest BCUT2D eigenvalue weighted by Gasteiger charge is -2.08. The first kappa shape index (κ1) is 11.8. The average molecular weight is 257 g/mol. The van der Waals surface area contributed by atoms with Crippen molar-refractivity contribution in [1.82, 2.24) is 9.55 Å². The summed E-state index contributed by atoms with van der Waals surface area (Å²) < 4.78 is 7.03. The molecule has 1 aliphatic rings. The van der Waals surface area contributed by atoms with Crippen LogP contribution in [-0.4, -0.2) is 22.6 Å². The molecule has 3 rings (SSSR count). The second kappa shape index (κ2) is 4.42. The summed E-state index contributed by atoms with van der Waals surface area (Å²) in [4.78, 5) is 15.8. The molecule has 0 atom stereocenters. The van der Waals surface area contributed by atoms with Crippen LogP contribution in [-0.2, 0) is 0 Å². The van der Waals surface area contributed by atoms with E-state index in [0.29, 0.717) is 17.2 Å². The zero-order valence-corrected chi connectivity index (χ0v) is 10.7. The SMILES string of the molecule is COc1ccc(-n2cnc(C3CC3)c2)cc1C(N)=O. The second-order valence-corrected chi connectivity index (χ2v) is 4.73. The van der Waals surface area contributed by atoms with Gasteiger partial charge >= 0.3 is 0 Å². The number of benzene rings is 1. The van der Waals surface area contributed by atoms with Crippen LogP contribution in [0.2, 0.25) is 0 Å². The highest BCUT2D eigenvalue weighted by molar-refractivity contribution is 5.96. The summed E-state index contributed by atoms with van der Waals surface area (Å²) in [6.45, 7) is 0. The molecule has 0 spiro atoms. The van der Waals surface area contributed by atoms with Crippen molar-refractivity contribution in [2.24, 2.45) is 5.73 Å². The molecule has 1 aromatic heterocycles. The van der Waals surface area contributed by atoms with Crippen LogP contribution in [0.3, 0.4) is 0 Å². The second-order valence-electron chi connectivity index (χ2n) is 4.73. The van der Waals surface area contributed by atoms with E-state index in [1.807, 2.05) is 16.8 Å². The summed E-state index contributed by atoms with van der Waals surface area (Å²) in [5, 5.41) is 0. The number of rotatable bonds is 4. The predicted molar refractivity (Wildman–Crippen MR) is 70.6 cm³/mol. The van der Waals surface area contributed by atoms with Crippen molar-refractivity contribution < 1.29 is 9.53 Å². The van der Waals surface area contributed by atoms with Crippen LogP contribution in [0.5, 0.6) is 5.75 Å². The topological polar surface area (TPSA) is 70.1 Å². The number of hydrogen-bond acceptors (Lipinski definition) is 3. The van der Waals surface area contributed by atoms with E-state index < -0.39 is 5.91 Å². The van der Waals surface area contributed by atoms with Gasteiger partial charge in [0.15, 0.2) is 0 Å². The maximum atomic E-state index is 11.4. The minimum absolute atomic E-state index is 0.377. The van der Waals surface area contributed by atoms with Gasteiger partial charge in [-0.05, 0) is 31.0 Å². The number of amides is 1. The number of primary amides is 1. The lowest BCUT2D eigenvalue weighted by molar-refractivity contribution is 0.0997. The molecule has 98 valence electrons. The lowest BCUT2D eigenvalue weighted by atomic mass is 10.1. The normalized spacial score (nSPS) is 14.4. The first-order valence-corrected chi connectivity index (χ1v) is 6.21. The van der Waals surface area contributed by atoms with E-state index in [1.165, 1.54) is 20.0 Å². The van der Waals surface area contributed by atoms with E-state index >= 15 is 0 Å². The standard InChI is InChI=1S/C14H15N3O2/c1-19-13-5-4-10(6-11(13)14(15)18)17-7-12(16-8-17)9-2-3-9/h4-9H,2-3H2,1H3,(H2,15,18). The van der Waals surface area contributed by atoms with E-state index in [2.05, 4.69) is 4.98 Å². The van der Waals surface area contributed by atoms with Gasteiger partial charge in [0.2, 0.25) is 0 Å². The Morgan fingerprint density at radius 1 is 1.47 bits per heavy atom. The molecule has 1 aliphatic carbocycles. The third kappa shape index (κ3) is 2.19. The van der Waals surface area contributed by atoms with Crippen LogP contribution in [0.4, 0.5) is 0 Å². The van der Waals surface area contributed by atoms with Gasteiger partial charge in [-0.25, -0.2) is 4.98 Å². The number of carbonyl (C=O) groups excluding carboxylic acids is 1. The summed E-state index contributed by atoms with van der Waals surface area (Å²) in [5.41, 5.74) is 7.70. The summed E-state index contributed by atoms with van der Waals surface area (Å²) >= 11 is 0. The molecule has 1 saturated carbocycles. The first-order chi connectivity index (χ1) is 9.19. The average Bonchev–Trinajstić information content (AvgIpc) is 3.16. The van der Waals surface area contributed by atoms with Crippen LogP contribution in [0.1, 0.15) is 34.8 Å². The van der Waals surface area contributed by atoms with Crippen molar-refractivity contribution in [3.63, 3.8) is 0 Å². The monoisotopic (exact) mass is 257 g/mol. The Balaban J connectivity index is 1.99. The van der Waals surface area contributed by atoms with Gasteiger partial charge in [-0.2, -0.15) is 0 Å². The fraction of sp³-hybridized carbons (Fsp3) is 0.286. The highest BCUT2D eigenvalue weighted by atomic mass is 16.5. The van der Waals surface area contributed by atoms with Gasteiger partial charge in [0, 0.05) is 17.8 Å². The van der Waals surface area contributed by atoms with E-state index in [9.17, 15) is 4.79 Å². The maximum absolute atomic E-state index is 11.4. The fourth-order valence-corrected chi connectivity index (χ4v) is 2.12. The lowest BCUT2D eigenvalue weighted by Crippen LogP contribution is -2.13. The Labute approximate surface area is 111 Å². The molecule has 5 nitrogen and oxygen atoms in total. The molecular formula is C14H15N3O2. The van der Waals surface area contributed by atoms with E-state index in [1.54, 1.807) is 18.5 Å². The number of nitrogens with zero attached hydrogens (tertiary/aromatic N) is 2. The van der Waals surface area contributed by atoms with Crippen molar-refractivity contribution in [3.8, 4) is 11.4 Å². The number of aromatic nitrogens is 2. The Morgan fingerprint density at radius 3 is 2.89 bits per heavy atom. The zero-order chi connectivity index (χ0) is 13.4. The van der Waals surface area contributed by atoms with Crippen LogP contribution < -0.4 is 10.5 Å². The molecule has 0 unspecified atom stereocenters. The molecule has 5 heteroatoms. The van der Waals surface area contributed by atoms with Crippen molar-refractivity contribution in [3.05, 3.63) is 42.0 Å². The van der Waals surface area contributed by atoms with Gasteiger partial charge in [-0.15, -0.1) is 0 Å². The van der Waals surface area contributed by atoms with Crippen molar-refractivity contribution in [2.45, 2.75) is 18.8 Å². The molecule has 0 radical (unpaired) electrons. The molecule has 1 fully saturated rings. The first-order valence-electron chi connectivity index (χ1n) is 6.21. The molecule has 1 amide bonds. The van der Waals surface area contributed by atoms with Crippen LogP contribution >= 0.6 is 0 Å². The molecule has 1 heterocycles. The van der Waals surface area contributed by atoms with Crippen molar-refractivity contribution in [2.75, 3.05) is 7.11 Å². The number of methoxy groups -OCH3 is 1. The Bertz CT molecular complexity index is 629. The summed E-state index contributed by atoms with van der Waals surface area (Å²) in [6.07, 6.45) is 6.20. The number of hydrogen-bond donors (Lipinski definition) is 1.